The van der Waals surface area contributed by atoms with Gasteiger partial charge >= 0.3 is 6.18 Å². The van der Waals surface area contributed by atoms with Gasteiger partial charge in [0.1, 0.15) is 5.88 Å². The van der Waals surface area contributed by atoms with Crippen molar-refractivity contribution in [1.82, 2.24) is 5.32 Å². The molecule has 0 spiro atoms. The van der Waals surface area contributed by atoms with E-state index in [1.54, 1.807) is 0 Å². The maximum absolute atomic E-state index is 11.4. The monoisotopic (exact) mass is 189 g/mol. The molecule has 2 nitrogen and oxygen atoms in total. The highest BCUT2D eigenvalue weighted by atomic mass is 35.5. The van der Waals surface area contributed by atoms with Gasteiger partial charge in [0.05, 0.1) is 6.42 Å². The van der Waals surface area contributed by atoms with Crippen molar-refractivity contribution in [3.63, 3.8) is 0 Å². The van der Waals surface area contributed by atoms with E-state index in [4.69, 9.17) is 11.6 Å². The number of hydrogen-bond acceptors (Lipinski definition) is 1. The second-order valence-electron chi connectivity index (χ2n) is 1.85. The third-order valence-electron chi connectivity index (χ3n) is 0.852. The van der Waals surface area contributed by atoms with Gasteiger partial charge in [0.25, 0.3) is 0 Å². The molecule has 6 heteroatoms. The van der Waals surface area contributed by atoms with Crippen molar-refractivity contribution in [1.29, 1.82) is 0 Å². The molecule has 0 saturated carbocycles. The first kappa shape index (κ1) is 10.6. The summed E-state index contributed by atoms with van der Waals surface area (Å²) in [7, 11) is 0. The Balaban J connectivity index is 3.35. The van der Waals surface area contributed by atoms with Crippen LogP contribution in [0.4, 0.5) is 13.2 Å². The molecule has 66 valence electrons. The Morgan fingerprint density at radius 3 is 2.36 bits per heavy atom. The van der Waals surface area contributed by atoms with Crippen LogP contribution in [0.1, 0.15) is 6.42 Å². The van der Waals surface area contributed by atoms with Crippen LogP contribution in [0.2, 0.25) is 0 Å². The van der Waals surface area contributed by atoms with Crippen molar-refractivity contribution in [2.45, 2.75) is 12.6 Å². The third-order valence-corrected chi connectivity index (χ3v) is 1.09. The second-order valence-corrected chi connectivity index (χ2v) is 2.12. The van der Waals surface area contributed by atoms with E-state index in [-0.39, 0.29) is 5.88 Å². The van der Waals surface area contributed by atoms with E-state index in [1.807, 2.05) is 5.32 Å². The Morgan fingerprint density at radius 2 is 2.00 bits per heavy atom. The number of carbonyl (C=O) groups is 1. The fourth-order valence-electron chi connectivity index (χ4n) is 0.391. The minimum absolute atomic E-state index is 0.308. The van der Waals surface area contributed by atoms with Gasteiger partial charge in [-0.2, -0.15) is 13.2 Å². The highest BCUT2D eigenvalue weighted by Gasteiger charge is 2.26. The van der Waals surface area contributed by atoms with E-state index in [9.17, 15) is 18.0 Å². The minimum Gasteiger partial charge on any atom is -0.355 e. The van der Waals surface area contributed by atoms with Gasteiger partial charge in [-0.25, -0.2) is 0 Å². The maximum atomic E-state index is 11.4. The molecule has 0 radical (unpaired) electrons. The molecular weight excluding hydrogens is 183 g/mol. The molecule has 0 aliphatic heterocycles. The molecule has 0 atom stereocenters. The zero-order valence-electron chi connectivity index (χ0n) is 5.54. The van der Waals surface area contributed by atoms with Crippen LogP contribution < -0.4 is 5.32 Å². The standard InChI is InChI=1S/C5H7ClF3NO/c6-3-4(11)10-2-1-5(7,8)9/h1-3H2,(H,10,11). The Labute approximate surface area is 66.7 Å². The summed E-state index contributed by atoms with van der Waals surface area (Å²) >= 11 is 5.01. The number of nitrogens with one attached hydrogen (secondary N) is 1. The van der Waals surface area contributed by atoms with E-state index in [2.05, 4.69) is 0 Å². The number of carbonyl (C=O) groups excluding carboxylic acids is 1. The molecule has 0 aliphatic rings. The maximum Gasteiger partial charge on any atom is 0.390 e. The molecule has 0 aromatic rings. The van der Waals surface area contributed by atoms with Crippen LogP contribution in [0.5, 0.6) is 0 Å². The minimum atomic E-state index is -4.22. The van der Waals surface area contributed by atoms with Gasteiger partial charge in [-0.1, -0.05) is 0 Å². The fraction of sp³-hybridized carbons (Fsp3) is 0.800. The summed E-state index contributed by atoms with van der Waals surface area (Å²) in [5, 5.41) is 2.00. The average molecular weight is 190 g/mol. The lowest BCUT2D eigenvalue weighted by Crippen LogP contribution is -2.28. The van der Waals surface area contributed by atoms with Crippen LogP contribution in [0.25, 0.3) is 0 Å². The van der Waals surface area contributed by atoms with E-state index in [0.717, 1.165) is 0 Å². The normalized spacial score (nSPS) is 11.3. The molecule has 1 N–H and O–H groups in total. The molecular formula is C5H7ClF3NO. The summed E-state index contributed by atoms with van der Waals surface area (Å²) in [5.74, 6) is -0.895. The average Bonchev–Trinajstić information content (AvgIpc) is 1.85. The molecule has 0 unspecified atom stereocenters. The first-order valence-electron chi connectivity index (χ1n) is 2.85. The van der Waals surface area contributed by atoms with Crippen molar-refractivity contribution >= 4 is 17.5 Å². The van der Waals surface area contributed by atoms with Crippen LogP contribution in [-0.4, -0.2) is 24.5 Å². The third kappa shape index (κ3) is 7.45. The Morgan fingerprint density at radius 1 is 1.45 bits per heavy atom. The number of alkyl halides is 4. The highest BCUT2D eigenvalue weighted by molar-refractivity contribution is 6.27. The fourth-order valence-corrected chi connectivity index (χ4v) is 0.485. The summed E-state index contributed by atoms with van der Waals surface area (Å²) in [4.78, 5) is 10.3. The highest BCUT2D eigenvalue weighted by Crippen LogP contribution is 2.17. The molecule has 0 aromatic carbocycles. The van der Waals surface area contributed by atoms with Crippen molar-refractivity contribution in [2.75, 3.05) is 12.4 Å². The molecule has 0 rings (SSSR count). The van der Waals surface area contributed by atoms with Crippen LogP contribution in [-0.2, 0) is 4.79 Å². The van der Waals surface area contributed by atoms with Crippen LogP contribution in [0.15, 0.2) is 0 Å². The van der Waals surface area contributed by atoms with Gasteiger partial charge in [0.2, 0.25) is 5.91 Å². The molecule has 11 heavy (non-hydrogen) atoms. The van der Waals surface area contributed by atoms with Crippen molar-refractivity contribution in [3.05, 3.63) is 0 Å². The molecule has 0 aliphatic carbocycles. The van der Waals surface area contributed by atoms with Crippen LogP contribution in [0, 0.1) is 0 Å². The quantitative estimate of drug-likeness (QED) is 0.666. The summed E-state index contributed by atoms with van der Waals surface area (Å²) in [6, 6.07) is 0. The summed E-state index contributed by atoms with van der Waals surface area (Å²) < 4.78 is 34.3. The predicted molar refractivity (Wildman–Crippen MR) is 34.4 cm³/mol. The molecule has 0 saturated heterocycles. The molecule has 0 bridgehead atoms. The predicted octanol–water partition coefficient (Wildman–Crippen LogP) is 1.29. The summed E-state index contributed by atoms with van der Waals surface area (Å²) in [6.07, 6.45) is -5.24. The van der Waals surface area contributed by atoms with Gasteiger partial charge < -0.3 is 5.32 Å². The van der Waals surface area contributed by atoms with Crippen LogP contribution >= 0.6 is 11.6 Å². The largest absolute Gasteiger partial charge is 0.390 e. The van der Waals surface area contributed by atoms with Gasteiger partial charge in [0.15, 0.2) is 0 Å². The van der Waals surface area contributed by atoms with Crippen LogP contribution in [0.3, 0.4) is 0 Å². The van der Waals surface area contributed by atoms with Gasteiger partial charge in [-0.05, 0) is 0 Å². The number of amides is 1. The molecule has 0 heterocycles. The zero-order valence-corrected chi connectivity index (χ0v) is 6.30. The van der Waals surface area contributed by atoms with E-state index >= 15 is 0 Å². The lowest BCUT2D eigenvalue weighted by Gasteiger charge is -2.05. The zero-order chi connectivity index (χ0) is 8.91. The smallest absolute Gasteiger partial charge is 0.355 e. The number of halogens is 4. The lowest BCUT2D eigenvalue weighted by molar-refractivity contribution is -0.135. The Hall–Kier alpha value is -0.450. The lowest BCUT2D eigenvalue weighted by atomic mass is 10.4. The number of hydrogen-bond donors (Lipinski definition) is 1. The van der Waals surface area contributed by atoms with Gasteiger partial charge in [-0.3, -0.25) is 4.79 Å². The van der Waals surface area contributed by atoms with E-state index in [0.29, 0.717) is 0 Å². The van der Waals surface area contributed by atoms with E-state index in [1.165, 1.54) is 0 Å². The van der Waals surface area contributed by atoms with E-state index < -0.39 is 25.0 Å². The first-order chi connectivity index (χ1) is 4.95. The SMILES string of the molecule is O=C(CCl)NCCC(F)(F)F. The van der Waals surface area contributed by atoms with Crippen molar-refractivity contribution < 1.29 is 18.0 Å². The summed E-state index contributed by atoms with van der Waals surface area (Å²) in [5.41, 5.74) is 0. The Kier molecular flexibility index (Phi) is 4.25. The molecule has 1 amide bonds. The van der Waals surface area contributed by atoms with Gasteiger partial charge in [0, 0.05) is 6.54 Å². The molecule has 0 aromatic heterocycles. The van der Waals surface area contributed by atoms with Gasteiger partial charge in [-0.15, -0.1) is 11.6 Å². The first-order valence-corrected chi connectivity index (χ1v) is 3.38. The second kappa shape index (κ2) is 4.43. The number of rotatable bonds is 3. The van der Waals surface area contributed by atoms with Crippen molar-refractivity contribution in [2.24, 2.45) is 0 Å². The topological polar surface area (TPSA) is 29.1 Å². The summed E-state index contributed by atoms with van der Waals surface area (Å²) in [6.45, 7) is -0.408. The molecule has 0 fully saturated rings. The van der Waals surface area contributed by atoms with Crippen molar-refractivity contribution in [3.8, 4) is 0 Å². The Bertz CT molecular complexity index is 136.